The molecule has 0 radical (unpaired) electrons. The van der Waals surface area contributed by atoms with Crippen molar-refractivity contribution < 1.29 is 14.3 Å². The zero-order chi connectivity index (χ0) is 25.8. The van der Waals surface area contributed by atoms with Crippen LogP contribution in [-0.2, 0) is 29.1 Å². The predicted molar refractivity (Wildman–Crippen MR) is 143 cm³/mol. The molecule has 36 heavy (non-hydrogen) atoms. The Hall–Kier alpha value is -3.38. The Morgan fingerprint density at radius 3 is 2.72 bits per heavy atom. The van der Waals surface area contributed by atoms with Crippen LogP contribution in [-0.4, -0.2) is 22.4 Å². The van der Waals surface area contributed by atoms with Crippen LogP contribution in [0.2, 0.25) is 0 Å². The zero-order valence-corrected chi connectivity index (χ0v) is 22.0. The summed E-state index contributed by atoms with van der Waals surface area (Å²) in [4.78, 5) is 12.2. The average Bonchev–Trinajstić information content (AvgIpc) is 3.24. The molecule has 6 nitrogen and oxygen atoms in total. The van der Waals surface area contributed by atoms with Gasteiger partial charge < -0.3 is 15.2 Å². The van der Waals surface area contributed by atoms with E-state index in [4.69, 9.17) is 20.3 Å². The van der Waals surface area contributed by atoms with E-state index in [1.54, 1.807) is 0 Å². The van der Waals surface area contributed by atoms with Crippen molar-refractivity contribution in [1.82, 2.24) is 9.78 Å². The summed E-state index contributed by atoms with van der Waals surface area (Å²) in [5.41, 5.74) is 13.5. The van der Waals surface area contributed by atoms with Crippen molar-refractivity contribution >= 4 is 12.0 Å². The number of hydrogen-bond acceptors (Lipinski definition) is 5. The number of fused-ring (bicyclic) bond motifs is 1. The molecule has 0 amide bonds. The molecule has 190 valence electrons. The third-order valence-electron chi connectivity index (χ3n) is 6.82. The highest BCUT2D eigenvalue weighted by atomic mass is 16.5. The number of allylic oxidation sites excluding steroid dienone is 1. The van der Waals surface area contributed by atoms with Crippen molar-refractivity contribution in [3.63, 3.8) is 0 Å². The lowest BCUT2D eigenvalue weighted by Crippen LogP contribution is -2.16. The number of nitrogens with zero attached hydrogens (tertiary/aromatic N) is 2. The average molecular weight is 488 g/mol. The Bertz CT molecular complexity index is 1260. The SMILES string of the molecule is CCOC(=O)Cc1ccc(C)cc1OCc1c2c(nn1C(C)C)C=CC(c1cccc(CN)c1)C2C. The number of aromatic nitrogens is 2. The van der Waals surface area contributed by atoms with Crippen molar-refractivity contribution in [2.24, 2.45) is 5.73 Å². The Morgan fingerprint density at radius 2 is 2.00 bits per heavy atom. The van der Waals surface area contributed by atoms with Crippen LogP contribution in [0.3, 0.4) is 0 Å². The first-order valence-electron chi connectivity index (χ1n) is 12.8. The lowest BCUT2D eigenvalue weighted by molar-refractivity contribution is -0.142. The van der Waals surface area contributed by atoms with Crippen molar-refractivity contribution in [3.05, 3.63) is 87.7 Å². The van der Waals surface area contributed by atoms with Gasteiger partial charge in [0.1, 0.15) is 12.4 Å². The number of rotatable bonds is 9. The Kier molecular flexibility index (Phi) is 7.94. The topological polar surface area (TPSA) is 79.4 Å². The fourth-order valence-electron chi connectivity index (χ4n) is 5.02. The second-order valence-corrected chi connectivity index (χ2v) is 9.79. The molecule has 6 heteroatoms. The first kappa shape index (κ1) is 25.7. The van der Waals surface area contributed by atoms with Gasteiger partial charge in [-0.2, -0.15) is 5.10 Å². The predicted octanol–water partition coefficient (Wildman–Crippen LogP) is 5.83. The molecular weight excluding hydrogens is 450 g/mol. The lowest BCUT2D eigenvalue weighted by atomic mass is 9.78. The second-order valence-electron chi connectivity index (χ2n) is 9.79. The van der Waals surface area contributed by atoms with Crippen molar-refractivity contribution in [3.8, 4) is 5.75 Å². The highest BCUT2D eigenvalue weighted by Crippen LogP contribution is 2.42. The third kappa shape index (κ3) is 5.39. The summed E-state index contributed by atoms with van der Waals surface area (Å²) in [5.74, 6) is 0.906. The van der Waals surface area contributed by atoms with E-state index in [1.165, 1.54) is 11.1 Å². The van der Waals surface area contributed by atoms with E-state index >= 15 is 0 Å². The van der Waals surface area contributed by atoms with E-state index in [9.17, 15) is 4.79 Å². The number of esters is 1. The van der Waals surface area contributed by atoms with Crippen LogP contribution in [0.4, 0.5) is 0 Å². The van der Waals surface area contributed by atoms with Gasteiger partial charge in [0.15, 0.2) is 0 Å². The molecule has 0 fully saturated rings. The molecule has 3 aromatic rings. The number of hydrogen-bond donors (Lipinski definition) is 1. The maximum Gasteiger partial charge on any atom is 0.310 e. The molecule has 2 atom stereocenters. The lowest BCUT2D eigenvalue weighted by Gasteiger charge is -2.26. The number of benzene rings is 2. The highest BCUT2D eigenvalue weighted by Gasteiger charge is 2.31. The van der Waals surface area contributed by atoms with Crippen LogP contribution in [0.15, 0.2) is 48.5 Å². The molecule has 1 heterocycles. The molecule has 2 aromatic carbocycles. The van der Waals surface area contributed by atoms with Gasteiger partial charge in [-0.1, -0.05) is 49.4 Å². The van der Waals surface area contributed by atoms with E-state index in [0.717, 1.165) is 28.1 Å². The van der Waals surface area contributed by atoms with Gasteiger partial charge in [0, 0.05) is 29.6 Å². The molecule has 1 aliphatic carbocycles. The second kappa shape index (κ2) is 11.1. The number of carbonyl (C=O) groups is 1. The Balaban J connectivity index is 1.66. The Morgan fingerprint density at radius 1 is 1.19 bits per heavy atom. The standard InChI is InChI=1S/C30H37N3O3/c1-6-35-29(34)16-24-11-10-20(4)14-28(24)36-18-27-30-21(5)25(23-9-7-8-22(15-23)17-31)12-13-26(30)32-33(27)19(2)3/h7-15,19,21,25H,6,16-18,31H2,1-5H3. The molecule has 0 saturated carbocycles. The minimum absolute atomic E-state index is 0.184. The van der Waals surface area contributed by atoms with E-state index in [0.29, 0.717) is 25.5 Å². The summed E-state index contributed by atoms with van der Waals surface area (Å²) < 4.78 is 13.7. The van der Waals surface area contributed by atoms with Crippen LogP contribution < -0.4 is 10.5 Å². The highest BCUT2D eigenvalue weighted by molar-refractivity contribution is 5.73. The van der Waals surface area contributed by atoms with Crippen LogP contribution in [0.5, 0.6) is 5.75 Å². The summed E-state index contributed by atoms with van der Waals surface area (Å²) in [6.07, 6.45) is 4.57. The fourth-order valence-corrected chi connectivity index (χ4v) is 5.02. The first-order chi connectivity index (χ1) is 17.3. The summed E-state index contributed by atoms with van der Waals surface area (Å²) in [7, 11) is 0. The first-order valence-corrected chi connectivity index (χ1v) is 12.8. The summed E-state index contributed by atoms with van der Waals surface area (Å²) in [6.45, 7) is 11.6. The van der Waals surface area contributed by atoms with E-state index < -0.39 is 0 Å². The maximum atomic E-state index is 12.2. The number of ether oxygens (including phenoxy) is 2. The molecule has 2 N–H and O–H groups in total. The van der Waals surface area contributed by atoms with Crippen LogP contribution in [0.25, 0.3) is 6.08 Å². The van der Waals surface area contributed by atoms with Crippen molar-refractivity contribution in [1.29, 1.82) is 0 Å². The summed E-state index contributed by atoms with van der Waals surface area (Å²) in [6, 6.07) is 14.6. The van der Waals surface area contributed by atoms with E-state index in [-0.39, 0.29) is 30.3 Å². The number of carbonyl (C=O) groups excluding carboxylic acids is 1. The van der Waals surface area contributed by atoms with Gasteiger partial charge in [-0.25, -0.2) is 0 Å². The number of nitrogens with two attached hydrogens (primary N) is 1. The zero-order valence-electron chi connectivity index (χ0n) is 22.0. The maximum absolute atomic E-state index is 12.2. The van der Waals surface area contributed by atoms with Gasteiger partial charge in [-0.05, 0) is 62.4 Å². The fraction of sp³-hybridized carbons (Fsp3) is 0.400. The van der Waals surface area contributed by atoms with Crippen molar-refractivity contribution in [2.45, 2.75) is 72.1 Å². The largest absolute Gasteiger partial charge is 0.487 e. The van der Waals surface area contributed by atoms with Gasteiger partial charge in [0.2, 0.25) is 0 Å². The van der Waals surface area contributed by atoms with Gasteiger partial charge >= 0.3 is 5.97 Å². The van der Waals surface area contributed by atoms with E-state index in [2.05, 4.69) is 61.9 Å². The molecule has 2 unspecified atom stereocenters. The molecule has 1 aliphatic rings. The molecular formula is C30H37N3O3. The van der Waals surface area contributed by atoms with Crippen LogP contribution in [0.1, 0.15) is 84.8 Å². The normalized spacial score (nSPS) is 16.8. The molecule has 1 aromatic heterocycles. The van der Waals surface area contributed by atoms with Gasteiger partial charge in [0.25, 0.3) is 0 Å². The molecule has 0 bridgehead atoms. The van der Waals surface area contributed by atoms with Crippen molar-refractivity contribution in [2.75, 3.05) is 6.61 Å². The third-order valence-corrected chi connectivity index (χ3v) is 6.82. The molecule has 0 aliphatic heterocycles. The summed E-state index contributed by atoms with van der Waals surface area (Å²) >= 11 is 0. The van der Waals surface area contributed by atoms with Crippen LogP contribution in [0, 0.1) is 6.92 Å². The van der Waals surface area contributed by atoms with Gasteiger partial charge in [-0.3, -0.25) is 9.48 Å². The summed E-state index contributed by atoms with van der Waals surface area (Å²) in [5, 5.41) is 4.94. The van der Waals surface area contributed by atoms with E-state index in [1.807, 2.05) is 32.0 Å². The Labute approximate surface area is 214 Å². The molecule has 0 saturated heterocycles. The van der Waals surface area contributed by atoms with Crippen LogP contribution >= 0.6 is 0 Å². The number of aryl methyl sites for hydroxylation is 1. The molecule has 4 rings (SSSR count). The monoisotopic (exact) mass is 487 g/mol. The minimum atomic E-state index is -0.253. The quantitative estimate of drug-likeness (QED) is 0.384. The van der Waals surface area contributed by atoms with Gasteiger partial charge in [0.05, 0.1) is 24.4 Å². The van der Waals surface area contributed by atoms with Gasteiger partial charge in [-0.15, -0.1) is 0 Å². The molecule has 0 spiro atoms. The smallest absolute Gasteiger partial charge is 0.310 e. The minimum Gasteiger partial charge on any atom is -0.487 e.